The molecule has 15 heavy (non-hydrogen) atoms. The zero-order valence-corrected chi connectivity index (χ0v) is 9.63. The number of hydrogen-bond donors (Lipinski definition) is 2. The molecule has 0 fully saturated rings. The van der Waals surface area contributed by atoms with Crippen molar-refractivity contribution in [2.75, 3.05) is 12.8 Å². The van der Waals surface area contributed by atoms with Crippen LogP contribution in [-0.4, -0.2) is 40.9 Å². The first-order valence-electron chi connectivity index (χ1n) is 4.13. The van der Waals surface area contributed by atoms with Crippen LogP contribution in [0, 0.1) is 0 Å². The fourth-order valence-electron chi connectivity index (χ4n) is 0.434. The normalized spacial score (nSPS) is 11.4. The molecule has 0 aliphatic carbocycles. The van der Waals surface area contributed by atoms with Gasteiger partial charge in [-0.3, -0.25) is 9.63 Å². The van der Waals surface area contributed by atoms with Crippen molar-refractivity contribution in [3.05, 3.63) is 0 Å². The fourth-order valence-corrected chi connectivity index (χ4v) is 0.582. The van der Waals surface area contributed by atoms with Gasteiger partial charge in [-0.15, -0.1) is 0 Å². The fraction of sp³-hybridized carbons (Fsp3) is 0.625. The number of nitrogens with one attached hydrogen (secondary N) is 1. The van der Waals surface area contributed by atoms with Gasteiger partial charge < -0.3 is 10.4 Å². The Hall–Kier alpha value is -1.24. The molecule has 0 spiro atoms. The van der Waals surface area contributed by atoms with Gasteiger partial charge in [0, 0.05) is 4.75 Å². The molecule has 2 N–H and O–H groups in total. The van der Waals surface area contributed by atoms with Crippen molar-refractivity contribution in [2.45, 2.75) is 18.6 Å². The Labute approximate surface area is 92.0 Å². The molecule has 0 unspecified atom stereocenters. The molecule has 1 amide bonds. The molecule has 0 rings (SSSR count). The van der Waals surface area contributed by atoms with E-state index >= 15 is 0 Å². The number of rotatable bonds is 5. The minimum atomic E-state index is -1.14. The Bertz CT molecular complexity index is 265. The van der Waals surface area contributed by atoms with E-state index in [4.69, 9.17) is 5.11 Å². The third-order valence-corrected chi connectivity index (χ3v) is 2.57. The van der Waals surface area contributed by atoms with Gasteiger partial charge in [-0.25, -0.2) is 4.79 Å². The number of thioether (sulfide) groups is 1. The smallest absolute Gasteiger partial charge is 0.433 e. The van der Waals surface area contributed by atoms with Crippen LogP contribution < -0.4 is 5.32 Å². The van der Waals surface area contributed by atoms with Crippen molar-refractivity contribution in [1.29, 1.82) is 0 Å². The Kier molecular flexibility index (Phi) is 5.76. The second-order valence-electron chi connectivity index (χ2n) is 3.17. The number of nitrogens with zero attached hydrogens (tertiary/aromatic N) is 1. The lowest BCUT2D eigenvalue weighted by Gasteiger charge is -2.13. The zero-order chi connectivity index (χ0) is 11.9. The number of oxime groups is 1. The molecular formula is C8H14N2O4S. The van der Waals surface area contributed by atoms with Gasteiger partial charge in [-0.1, -0.05) is 5.16 Å². The van der Waals surface area contributed by atoms with Crippen LogP contribution in [0.5, 0.6) is 0 Å². The molecule has 0 saturated heterocycles. The third-order valence-electron chi connectivity index (χ3n) is 1.41. The monoisotopic (exact) mass is 234 g/mol. The molecule has 0 aliphatic heterocycles. The first-order chi connectivity index (χ1) is 6.87. The van der Waals surface area contributed by atoms with E-state index < -0.39 is 18.6 Å². The van der Waals surface area contributed by atoms with Crippen molar-refractivity contribution < 1.29 is 19.5 Å². The highest BCUT2D eigenvalue weighted by atomic mass is 32.2. The van der Waals surface area contributed by atoms with Gasteiger partial charge in [0.1, 0.15) is 6.54 Å². The van der Waals surface area contributed by atoms with Crippen LogP contribution in [0.3, 0.4) is 0 Å². The Balaban J connectivity index is 3.85. The third kappa shape index (κ3) is 7.80. The van der Waals surface area contributed by atoms with Crippen molar-refractivity contribution in [3.8, 4) is 0 Å². The van der Waals surface area contributed by atoms with Crippen LogP contribution in [0.15, 0.2) is 5.16 Å². The van der Waals surface area contributed by atoms with E-state index in [2.05, 4.69) is 9.99 Å². The van der Waals surface area contributed by atoms with Crippen LogP contribution >= 0.6 is 11.8 Å². The average Bonchev–Trinajstić information content (AvgIpc) is 2.14. The molecular weight excluding hydrogens is 220 g/mol. The minimum absolute atomic E-state index is 0.229. The maximum absolute atomic E-state index is 10.8. The van der Waals surface area contributed by atoms with Gasteiger partial charge >= 0.3 is 12.1 Å². The van der Waals surface area contributed by atoms with E-state index in [1.807, 2.05) is 25.4 Å². The number of carboxylic acids is 1. The van der Waals surface area contributed by atoms with E-state index in [9.17, 15) is 9.59 Å². The standard InChI is InChI=1S/C8H14N2O4S/c1-8(2,15-3)5-10-14-7(13)9-4-6(11)12/h5H,4H2,1-3H3,(H,9,13)(H,11,12)/b10-5+. The summed E-state index contributed by atoms with van der Waals surface area (Å²) in [6.45, 7) is 3.32. The molecule has 0 radical (unpaired) electrons. The summed E-state index contributed by atoms with van der Waals surface area (Å²) in [5.41, 5.74) is 0. The van der Waals surface area contributed by atoms with Crippen LogP contribution in [0.2, 0.25) is 0 Å². The molecule has 0 aromatic heterocycles. The largest absolute Gasteiger partial charge is 0.480 e. The highest BCUT2D eigenvalue weighted by Gasteiger charge is 2.12. The molecule has 0 saturated carbocycles. The van der Waals surface area contributed by atoms with Gasteiger partial charge in [0.05, 0.1) is 6.21 Å². The van der Waals surface area contributed by atoms with Crippen LogP contribution in [0.4, 0.5) is 4.79 Å². The molecule has 0 atom stereocenters. The number of carboxylic acid groups (broad SMARTS) is 1. The number of carbonyl (C=O) groups is 2. The summed E-state index contributed by atoms with van der Waals surface area (Å²) in [5, 5.41) is 13.7. The number of aliphatic carboxylic acids is 1. The Morgan fingerprint density at radius 2 is 2.20 bits per heavy atom. The number of carbonyl (C=O) groups excluding carboxylic acids is 1. The van der Waals surface area contributed by atoms with Crippen molar-refractivity contribution in [2.24, 2.45) is 5.16 Å². The van der Waals surface area contributed by atoms with Crippen molar-refractivity contribution in [1.82, 2.24) is 5.32 Å². The SMILES string of the molecule is CSC(C)(C)/C=N/OC(=O)NCC(=O)O. The van der Waals surface area contributed by atoms with Gasteiger partial charge in [-0.05, 0) is 20.1 Å². The summed E-state index contributed by atoms with van der Waals surface area (Å²) >= 11 is 1.54. The molecule has 0 heterocycles. The highest BCUT2D eigenvalue weighted by Crippen LogP contribution is 2.17. The van der Waals surface area contributed by atoms with Crippen LogP contribution in [0.25, 0.3) is 0 Å². The quantitative estimate of drug-likeness (QED) is 0.419. The molecule has 0 bridgehead atoms. The van der Waals surface area contributed by atoms with Gasteiger partial charge in [0.25, 0.3) is 0 Å². The van der Waals surface area contributed by atoms with Crippen LogP contribution in [0.1, 0.15) is 13.8 Å². The van der Waals surface area contributed by atoms with Crippen molar-refractivity contribution in [3.63, 3.8) is 0 Å². The predicted molar refractivity (Wildman–Crippen MR) is 58.2 cm³/mol. The molecule has 6 nitrogen and oxygen atoms in total. The maximum atomic E-state index is 10.8. The topological polar surface area (TPSA) is 88.0 Å². The lowest BCUT2D eigenvalue weighted by atomic mass is 10.2. The molecule has 0 aromatic rings. The van der Waals surface area contributed by atoms with Crippen LogP contribution in [-0.2, 0) is 9.63 Å². The summed E-state index contributed by atoms with van der Waals surface area (Å²) in [6, 6.07) is 0. The number of amides is 1. The summed E-state index contributed by atoms with van der Waals surface area (Å²) in [4.78, 5) is 25.2. The van der Waals surface area contributed by atoms with E-state index in [0.29, 0.717) is 0 Å². The molecule has 86 valence electrons. The van der Waals surface area contributed by atoms with E-state index in [-0.39, 0.29) is 4.75 Å². The lowest BCUT2D eigenvalue weighted by molar-refractivity contribution is -0.135. The first kappa shape index (κ1) is 13.8. The summed E-state index contributed by atoms with van der Waals surface area (Å²) in [7, 11) is 0. The van der Waals surface area contributed by atoms with Gasteiger partial charge in [-0.2, -0.15) is 11.8 Å². The molecule has 7 heteroatoms. The average molecular weight is 234 g/mol. The lowest BCUT2D eigenvalue weighted by Crippen LogP contribution is -2.29. The summed E-state index contributed by atoms with van der Waals surface area (Å²) < 4.78 is -0.229. The maximum Gasteiger partial charge on any atom is 0.433 e. The minimum Gasteiger partial charge on any atom is -0.480 e. The van der Waals surface area contributed by atoms with Gasteiger partial charge in [0.15, 0.2) is 0 Å². The Morgan fingerprint density at radius 3 is 2.67 bits per heavy atom. The predicted octanol–water partition coefficient (Wildman–Crippen LogP) is 0.925. The molecule has 0 aliphatic rings. The van der Waals surface area contributed by atoms with Gasteiger partial charge in [0.2, 0.25) is 0 Å². The highest BCUT2D eigenvalue weighted by molar-refractivity contribution is 8.00. The van der Waals surface area contributed by atoms with E-state index in [1.54, 1.807) is 11.8 Å². The van der Waals surface area contributed by atoms with Crippen molar-refractivity contribution >= 4 is 30.0 Å². The second kappa shape index (κ2) is 6.28. The summed E-state index contributed by atoms with van der Waals surface area (Å²) in [5.74, 6) is -1.14. The second-order valence-corrected chi connectivity index (χ2v) is 4.63. The van der Waals surface area contributed by atoms with E-state index in [1.165, 1.54) is 6.21 Å². The summed E-state index contributed by atoms with van der Waals surface area (Å²) in [6.07, 6.45) is 2.49. The van der Waals surface area contributed by atoms with E-state index in [0.717, 1.165) is 0 Å². The first-order valence-corrected chi connectivity index (χ1v) is 5.36. The zero-order valence-electron chi connectivity index (χ0n) is 8.81. The Morgan fingerprint density at radius 1 is 1.60 bits per heavy atom. The molecule has 0 aromatic carbocycles. The number of hydrogen-bond acceptors (Lipinski definition) is 5.